The van der Waals surface area contributed by atoms with E-state index < -0.39 is 0 Å². The Morgan fingerprint density at radius 1 is 1.12 bits per heavy atom. The Morgan fingerprint density at radius 2 is 1.81 bits per heavy atom. The molecule has 0 atom stereocenters. The molecular formula is C13H23N3. The average molecular weight is 221 g/mol. The van der Waals surface area contributed by atoms with Crippen molar-refractivity contribution in [1.82, 2.24) is 4.90 Å². The second kappa shape index (κ2) is 6.38. The highest BCUT2D eigenvalue weighted by Crippen LogP contribution is 2.22. The van der Waals surface area contributed by atoms with Crippen molar-refractivity contribution in [3.63, 3.8) is 0 Å². The van der Waals surface area contributed by atoms with Crippen LogP contribution in [0.4, 0.5) is 11.4 Å². The van der Waals surface area contributed by atoms with Crippen molar-refractivity contribution in [2.75, 3.05) is 44.4 Å². The second-order valence-corrected chi connectivity index (χ2v) is 4.30. The van der Waals surface area contributed by atoms with Gasteiger partial charge in [-0.1, -0.05) is 12.1 Å². The maximum absolute atomic E-state index is 5.98. The fourth-order valence-electron chi connectivity index (χ4n) is 1.80. The summed E-state index contributed by atoms with van der Waals surface area (Å²) in [5.41, 5.74) is 8.00. The molecule has 2 N–H and O–H groups in total. The van der Waals surface area contributed by atoms with Crippen LogP contribution in [0.3, 0.4) is 0 Å². The number of hydrogen-bond donors (Lipinski definition) is 1. The van der Waals surface area contributed by atoms with E-state index in [9.17, 15) is 0 Å². The Bertz CT molecular complexity index is 310. The van der Waals surface area contributed by atoms with Gasteiger partial charge in [-0.25, -0.2) is 0 Å². The molecule has 0 spiro atoms. The van der Waals surface area contributed by atoms with Crippen molar-refractivity contribution in [1.29, 1.82) is 0 Å². The molecule has 0 fully saturated rings. The quantitative estimate of drug-likeness (QED) is 0.746. The zero-order valence-corrected chi connectivity index (χ0v) is 10.6. The molecule has 90 valence electrons. The molecule has 3 nitrogen and oxygen atoms in total. The van der Waals surface area contributed by atoms with Crippen LogP contribution >= 0.6 is 0 Å². The predicted octanol–water partition coefficient (Wildman–Crippen LogP) is 2.05. The first-order valence-corrected chi connectivity index (χ1v) is 5.89. The molecule has 0 saturated carbocycles. The summed E-state index contributed by atoms with van der Waals surface area (Å²) in [4.78, 5) is 4.54. The van der Waals surface area contributed by atoms with Gasteiger partial charge in [-0.2, -0.15) is 0 Å². The lowest BCUT2D eigenvalue weighted by Crippen LogP contribution is -2.27. The zero-order valence-electron chi connectivity index (χ0n) is 10.6. The van der Waals surface area contributed by atoms with Crippen LogP contribution < -0.4 is 10.6 Å². The summed E-state index contributed by atoms with van der Waals surface area (Å²) in [6.45, 7) is 5.34. The summed E-state index contributed by atoms with van der Waals surface area (Å²) in [5, 5.41) is 0. The Morgan fingerprint density at radius 3 is 2.38 bits per heavy atom. The van der Waals surface area contributed by atoms with E-state index >= 15 is 0 Å². The maximum atomic E-state index is 5.98. The van der Waals surface area contributed by atoms with E-state index in [4.69, 9.17) is 5.73 Å². The van der Waals surface area contributed by atoms with E-state index in [2.05, 4.69) is 36.9 Å². The Balaban J connectivity index is 2.57. The standard InChI is InChI=1S/C13H23N3/c1-4-16(11-7-10-15(2)3)13-9-6-5-8-12(13)14/h5-6,8-9H,4,7,10-11,14H2,1-3H3. The highest BCUT2D eigenvalue weighted by molar-refractivity contribution is 5.67. The first kappa shape index (κ1) is 12.8. The Kier molecular flexibility index (Phi) is 5.12. The molecule has 0 radical (unpaired) electrons. The lowest BCUT2D eigenvalue weighted by Gasteiger charge is -2.25. The van der Waals surface area contributed by atoms with Crippen molar-refractivity contribution < 1.29 is 0 Å². The molecule has 0 heterocycles. The van der Waals surface area contributed by atoms with Crippen LogP contribution in [0.15, 0.2) is 24.3 Å². The highest BCUT2D eigenvalue weighted by atomic mass is 15.1. The number of benzene rings is 1. The van der Waals surface area contributed by atoms with Crippen molar-refractivity contribution in [3.05, 3.63) is 24.3 Å². The van der Waals surface area contributed by atoms with Crippen LogP contribution in [0.2, 0.25) is 0 Å². The number of rotatable bonds is 6. The Labute approximate surface area is 98.8 Å². The van der Waals surface area contributed by atoms with Gasteiger partial charge in [0, 0.05) is 13.1 Å². The lowest BCUT2D eigenvalue weighted by molar-refractivity contribution is 0.400. The van der Waals surface area contributed by atoms with E-state index in [0.717, 1.165) is 37.4 Å². The van der Waals surface area contributed by atoms with Gasteiger partial charge in [0.05, 0.1) is 11.4 Å². The van der Waals surface area contributed by atoms with Crippen LogP contribution in [0.5, 0.6) is 0 Å². The lowest BCUT2D eigenvalue weighted by atomic mass is 10.2. The normalized spacial score (nSPS) is 10.8. The number of nitrogens with two attached hydrogens (primary N) is 1. The van der Waals surface area contributed by atoms with E-state index in [1.807, 2.05) is 18.2 Å². The van der Waals surface area contributed by atoms with E-state index in [-0.39, 0.29) is 0 Å². The van der Waals surface area contributed by atoms with Gasteiger partial charge >= 0.3 is 0 Å². The topological polar surface area (TPSA) is 32.5 Å². The summed E-state index contributed by atoms with van der Waals surface area (Å²) in [6.07, 6.45) is 1.16. The van der Waals surface area contributed by atoms with Gasteiger partial charge in [0.25, 0.3) is 0 Å². The molecule has 0 aliphatic rings. The number of nitrogen functional groups attached to an aromatic ring is 1. The van der Waals surface area contributed by atoms with E-state index in [0.29, 0.717) is 0 Å². The van der Waals surface area contributed by atoms with Crippen LogP contribution in [0, 0.1) is 0 Å². The van der Waals surface area contributed by atoms with Crippen LogP contribution in [-0.4, -0.2) is 38.6 Å². The number of nitrogens with zero attached hydrogens (tertiary/aromatic N) is 2. The monoisotopic (exact) mass is 221 g/mol. The molecule has 1 aromatic rings. The van der Waals surface area contributed by atoms with Crippen LogP contribution in [-0.2, 0) is 0 Å². The first-order chi connectivity index (χ1) is 7.65. The van der Waals surface area contributed by atoms with Gasteiger partial charge in [0.1, 0.15) is 0 Å². The molecular weight excluding hydrogens is 198 g/mol. The summed E-state index contributed by atoms with van der Waals surface area (Å²) in [6, 6.07) is 8.07. The smallest absolute Gasteiger partial charge is 0.0599 e. The molecule has 0 saturated heterocycles. The third-order valence-corrected chi connectivity index (χ3v) is 2.69. The fraction of sp³-hybridized carbons (Fsp3) is 0.538. The van der Waals surface area contributed by atoms with Gasteiger partial charge in [0.2, 0.25) is 0 Å². The molecule has 0 unspecified atom stereocenters. The Hall–Kier alpha value is -1.22. The second-order valence-electron chi connectivity index (χ2n) is 4.30. The maximum Gasteiger partial charge on any atom is 0.0599 e. The molecule has 0 aliphatic carbocycles. The number of hydrogen-bond acceptors (Lipinski definition) is 3. The minimum atomic E-state index is 0.870. The summed E-state index contributed by atoms with van der Waals surface area (Å²) in [7, 11) is 4.21. The summed E-state index contributed by atoms with van der Waals surface area (Å²) < 4.78 is 0. The SMILES string of the molecule is CCN(CCCN(C)C)c1ccccc1N. The van der Waals surface area contributed by atoms with Crippen molar-refractivity contribution in [2.24, 2.45) is 0 Å². The van der Waals surface area contributed by atoms with Crippen molar-refractivity contribution >= 4 is 11.4 Å². The molecule has 0 aliphatic heterocycles. The number of anilines is 2. The summed E-state index contributed by atoms with van der Waals surface area (Å²) in [5.74, 6) is 0. The molecule has 0 amide bonds. The molecule has 0 aromatic heterocycles. The minimum Gasteiger partial charge on any atom is -0.397 e. The molecule has 0 bridgehead atoms. The fourth-order valence-corrected chi connectivity index (χ4v) is 1.80. The third kappa shape index (κ3) is 3.74. The van der Waals surface area contributed by atoms with Gasteiger partial charge in [0.15, 0.2) is 0 Å². The van der Waals surface area contributed by atoms with Gasteiger partial charge in [-0.15, -0.1) is 0 Å². The first-order valence-electron chi connectivity index (χ1n) is 5.89. The molecule has 1 aromatic carbocycles. The number of para-hydroxylation sites is 2. The zero-order chi connectivity index (χ0) is 12.0. The van der Waals surface area contributed by atoms with Gasteiger partial charge in [-0.3, -0.25) is 0 Å². The van der Waals surface area contributed by atoms with E-state index in [1.54, 1.807) is 0 Å². The molecule has 1 rings (SSSR count). The summed E-state index contributed by atoms with van der Waals surface area (Å²) >= 11 is 0. The average Bonchev–Trinajstić information content (AvgIpc) is 2.25. The van der Waals surface area contributed by atoms with E-state index in [1.165, 1.54) is 0 Å². The molecule has 3 heteroatoms. The van der Waals surface area contributed by atoms with Crippen molar-refractivity contribution in [3.8, 4) is 0 Å². The predicted molar refractivity (Wildman–Crippen MR) is 71.9 cm³/mol. The largest absolute Gasteiger partial charge is 0.397 e. The highest BCUT2D eigenvalue weighted by Gasteiger charge is 2.06. The van der Waals surface area contributed by atoms with Crippen LogP contribution in [0.1, 0.15) is 13.3 Å². The van der Waals surface area contributed by atoms with Crippen LogP contribution in [0.25, 0.3) is 0 Å². The minimum absolute atomic E-state index is 0.870. The van der Waals surface area contributed by atoms with Crippen molar-refractivity contribution in [2.45, 2.75) is 13.3 Å². The molecule has 16 heavy (non-hydrogen) atoms. The van der Waals surface area contributed by atoms with Gasteiger partial charge in [-0.05, 0) is 46.1 Å². The third-order valence-electron chi connectivity index (χ3n) is 2.69. The van der Waals surface area contributed by atoms with Gasteiger partial charge < -0.3 is 15.5 Å².